The smallest absolute Gasteiger partial charge is 0.277 e. The molecule has 1 aliphatic carbocycles. The summed E-state index contributed by atoms with van der Waals surface area (Å²) in [4.78, 5) is 19.7. The summed E-state index contributed by atoms with van der Waals surface area (Å²) in [6.45, 7) is 1.18. The zero-order valence-corrected chi connectivity index (χ0v) is 14.5. The Balaban J connectivity index is 1.54. The molecule has 0 fully saturated rings. The summed E-state index contributed by atoms with van der Waals surface area (Å²) in [5.74, 6) is 1.73. The Morgan fingerprint density at radius 3 is 2.88 bits per heavy atom. The highest BCUT2D eigenvalue weighted by molar-refractivity contribution is 5.94. The summed E-state index contributed by atoms with van der Waals surface area (Å²) in [7, 11) is 0. The standard InChI is InChI=1S/C20H20N4O2/c25-20(19-15-8-4-5-9-17(15)26-22-19)24-13-18-21-10-11-23(18)12-16(24)14-6-2-1-3-7-14/h1-3,6-7,10-11,16H,4-5,8-9,12-13H2/t16-/m0/s1. The van der Waals surface area contributed by atoms with Crippen LogP contribution in [0.25, 0.3) is 0 Å². The molecule has 1 aromatic carbocycles. The maximum absolute atomic E-state index is 13.4. The molecule has 1 aliphatic heterocycles. The number of hydrogen-bond donors (Lipinski definition) is 0. The van der Waals surface area contributed by atoms with Gasteiger partial charge in [0.1, 0.15) is 11.6 Å². The number of aromatic nitrogens is 3. The molecule has 26 heavy (non-hydrogen) atoms. The van der Waals surface area contributed by atoms with Crippen molar-refractivity contribution in [1.29, 1.82) is 0 Å². The molecule has 3 heterocycles. The van der Waals surface area contributed by atoms with Crippen molar-refractivity contribution in [1.82, 2.24) is 19.6 Å². The molecule has 132 valence electrons. The third-order valence-electron chi connectivity index (χ3n) is 5.46. The monoisotopic (exact) mass is 348 g/mol. The van der Waals surface area contributed by atoms with Gasteiger partial charge in [-0.15, -0.1) is 0 Å². The van der Waals surface area contributed by atoms with E-state index < -0.39 is 0 Å². The van der Waals surface area contributed by atoms with Crippen LogP contribution < -0.4 is 0 Å². The second kappa shape index (κ2) is 6.12. The summed E-state index contributed by atoms with van der Waals surface area (Å²) in [6, 6.07) is 10.1. The Morgan fingerprint density at radius 2 is 2.00 bits per heavy atom. The normalized spacial score (nSPS) is 19.1. The molecule has 0 unspecified atom stereocenters. The van der Waals surface area contributed by atoms with Crippen molar-refractivity contribution < 1.29 is 9.32 Å². The fourth-order valence-electron chi connectivity index (χ4n) is 4.07. The number of aryl methyl sites for hydroxylation is 1. The van der Waals surface area contributed by atoms with E-state index in [4.69, 9.17) is 4.52 Å². The first-order valence-corrected chi connectivity index (χ1v) is 9.14. The van der Waals surface area contributed by atoms with Gasteiger partial charge < -0.3 is 14.0 Å². The van der Waals surface area contributed by atoms with Crippen molar-refractivity contribution >= 4 is 5.91 Å². The molecule has 6 heteroatoms. The van der Waals surface area contributed by atoms with Gasteiger partial charge in [0.05, 0.1) is 12.6 Å². The molecule has 3 aromatic rings. The number of hydrogen-bond acceptors (Lipinski definition) is 4. The maximum Gasteiger partial charge on any atom is 0.277 e. The number of carbonyl (C=O) groups is 1. The highest BCUT2D eigenvalue weighted by atomic mass is 16.5. The van der Waals surface area contributed by atoms with Crippen LogP contribution in [-0.4, -0.2) is 25.5 Å². The molecule has 5 rings (SSSR count). The number of amides is 1. The van der Waals surface area contributed by atoms with Crippen LogP contribution in [0.15, 0.2) is 47.2 Å². The van der Waals surface area contributed by atoms with Crippen LogP contribution in [-0.2, 0) is 25.9 Å². The summed E-state index contributed by atoms with van der Waals surface area (Å²) in [6.07, 6.45) is 7.71. The number of nitrogens with zero attached hydrogens (tertiary/aromatic N) is 4. The van der Waals surface area contributed by atoms with Gasteiger partial charge in [0.15, 0.2) is 5.69 Å². The first-order valence-electron chi connectivity index (χ1n) is 9.14. The van der Waals surface area contributed by atoms with E-state index in [-0.39, 0.29) is 11.9 Å². The molecule has 1 amide bonds. The van der Waals surface area contributed by atoms with Crippen LogP contribution in [0.1, 0.15) is 52.1 Å². The van der Waals surface area contributed by atoms with Gasteiger partial charge >= 0.3 is 0 Å². The molecule has 0 bridgehead atoms. The molecule has 0 N–H and O–H groups in total. The molecule has 1 atom stereocenters. The van der Waals surface area contributed by atoms with Crippen molar-refractivity contribution in [3.8, 4) is 0 Å². The largest absolute Gasteiger partial charge is 0.360 e. The van der Waals surface area contributed by atoms with Gasteiger partial charge in [-0.3, -0.25) is 4.79 Å². The van der Waals surface area contributed by atoms with Crippen molar-refractivity contribution in [2.75, 3.05) is 0 Å². The Bertz CT molecular complexity index is 944. The molecule has 0 saturated carbocycles. The van der Waals surface area contributed by atoms with Gasteiger partial charge in [0.25, 0.3) is 5.91 Å². The highest BCUT2D eigenvalue weighted by Gasteiger charge is 2.35. The number of carbonyl (C=O) groups excluding carboxylic acids is 1. The fourth-order valence-corrected chi connectivity index (χ4v) is 4.07. The lowest BCUT2D eigenvalue weighted by atomic mass is 9.95. The fraction of sp³-hybridized carbons (Fsp3) is 0.350. The van der Waals surface area contributed by atoms with Crippen LogP contribution in [0, 0.1) is 0 Å². The Labute approximate surface area is 151 Å². The Kier molecular flexibility index (Phi) is 3.62. The molecule has 0 radical (unpaired) electrons. The van der Waals surface area contributed by atoms with Crippen molar-refractivity contribution in [2.24, 2.45) is 0 Å². The van der Waals surface area contributed by atoms with Gasteiger partial charge in [-0.05, 0) is 24.8 Å². The minimum Gasteiger partial charge on any atom is -0.360 e. The molecule has 2 aliphatic rings. The highest BCUT2D eigenvalue weighted by Crippen LogP contribution is 2.32. The topological polar surface area (TPSA) is 64.2 Å². The minimum atomic E-state index is -0.0556. The predicted molar refractivity (Wildman–Crippen MR) is 94.4 cm³/mol. The summed E-state index contributed by atoms with van der Waals surface area (Å²) < 4.78 is 7.60. The zero-order chi connectivity index (χ0) is 17.5. The minimum absolute atomic E-state index is 0.0404. The number of fused-ring (bicyclic) bond motifs is 2. The van der Waals surface area contributed by atoms with Crippen LogP contribution in [0.2, 0.25) is 0 Å². The summed E-state index contributed by atoms with van der Waals surface area (Å²) >= 11 is 0. The lowest BCUT2D eigenvalue weighted by molar-refractivity contribution is 0.0573. The first kappa shape index (κ1) is 15.4. The second-order valence-corrected chi connectivity index (χ2v) is 7.00. The molecular formula is C20H20N4O2. The van der Waals surface area contributed by atoms with Gasteiger partial charge in [-0.25, -0.2) is 4.98 Å². The van der Waals surface area contributed by atoms with Crippen molar-refractivity contribution in [2.45, 2.75) is 44.8 Å². The third kappa shape index (κ3) is 2.44. The Morgan fingerprint density at radius 1 is 1.15 bits per heavy atom. The second-order valence-electron chi connectivity index (χ2n) is 7.00. The van der Waals surface area contributed by atoms with E-state index in [1.54, 1.807) is 6.20 Å². The zero-order valence-electron chi connectivity index (χ0n) is 14.5. The van der Waals surface area contributed by atoms with Crippen molar-refractivity contribution in [3.05, 3.63) is 71.1 Å². The Hall–Kier alpha value is -2.89. The van der Waals surface area contributed by atoms with Crippen LogP contribution in [0.5, 0.6) is 0 Å². The van der Waals surface area contributed by atoms with Gasteiger partial charge in [-0.1, -0.05) is 35.5 Å². The number of benzene rings is 1. The third-order valence-corrected chi connectivity index (χ3v) is 5.46. The van der Waals surface area contributed by atoms with Gasteiger partial charge in [0, 0.05) is 30.9 Å². The summed E-state index contributed by atoms with van der Waals surface area (Å²) in [5, 5.41) is 4.15. The number of imidazole rings is 1. The SMILES string of the molecule is O=C(c1noc2c1CCCC2)N1Cc2nccn2C[C@H]1c1ccccc1. The van der Waals surface area contributed by atoms with Crippen LogP contribution >= 0.6 is 0 Å². The number of rotatable bonds is 2. The first-order chi connectivity index (χ1) is 12.8. The molecule has 0 spiro atoms. The molecular weight excluding hydrogens is 328 g/mol. The van der Waals surface area contributed by atoms with Crippen molar-refractivity contribution in [3.63, 3.8) is 0 Å². The van der Waals surface area contributed by atoms with E-state index in [0.717, 1.165) is 48.4 Å². The van der Waals surface area contributed by atoms with E-state index in [9.17, 15) is 4.79 Å². The molecule has 0 saturated heterocycles. The predicted octanol–water partition coefficient (Wildman–Crippen LogP) is 3.15. The lowest BCUT2D eigenvalue weighted by Crippen LogP contribution is -2.41. The van der Waals surface area contributed by atoms with Crippen LogP contribution in [0.4, 0.5) is 0 Å². The van der Waals surface area contributed by atoms with Gasteiger partial charge in [0.2, 0.25) is 0 Å². The van der Waals surface area contributed by atoms with Gasteiger partial charge in [-0.2, -0.15) is 0 Å². The van der Waals surface area contributed by atoms with E-state index in [1.165, 1.54) is 0 Å². The average Bonchev–Trinajstić information content (AvgIpc) is 3.33. The quantitative estimate of drug-likeness (QED) is 0.714. The summed E-state index contributed by atoms with van der Waals surface area (Å²) in [5.41, 5.74) is 2.61. The van der Waals surface area contributed by atoms with E-state index in [2.05, 4.69) is 26.8 Å². The van der Waals surface area contributed by atoms with E-state index >= 15 is 0 Å². The maximum atomic E-state index is 13.4. The molecule has 2 aromatic heterocycles. The molecule has 6 nitrogen and oxygen atoms in total. The average molecular weight is 348 g/mol. The van der Waals surface area contributed by atoms with Crippen LogP contribution in [0.3, 0.4) is 0 Å². The van der Waals surface area contributed by atoms with E-state index in [0.29, 0.717) is 18.8 Å². The van der Waals surface area contributed by atoms with E-state index in [1.807, 2.05) is 29.3 Å². The lowest BCUT2D eigenvalue weighted by Gasteiger charge is -2.36.